The average molecular weight is 475 g/mol. The average Bonchev–Trinajstić information content (AvgIpc) is 3.39. The Kier molecular flexibility index (Phi) is 6.09. The molecule has 1 unspecified atom stereocenters. The van der Waals surface area contributed by atoms with E-state index in [-0.39, 0.29) is 13.0 Å². The van der Waals surface area contributed by atoms with Gasteiger partial charge in [0.25, 0.3) is 5.92 Å². The van der Waals surface area contributed by atoms with Crippen molar-refractivity contribution in [1.29, 1.82) is 0 Å². The Labute approximate surface area is 205 Å². The summed E-state index contributed by atoms with van der Waals surface area (Å²) in [5.74, 6) is -3.59. The van der Waals surface area contributed by atoms with Crippen LogP contribution in [-0.4, -0.2) is 36.7 Å². The first-order valence-corrected chi connectivity index (χ1v) is 12.2. The van der Waals surface area contributed by atoms with Gasteiger partial charge in [-0.25, -0.2) is 8.78 Å². The molecule has 2 aromatic carbocycles. The maximum absolute atomic E-state index is 15.1. The maximum Gasteiger partial charge on any atom is 0.257 e. The van der Waals surface area contributed by atoms with E-state index in [0.29, 0.717) is 13.1 Å². The number of likely N-dealkylation sites (tertiary alicyclic amines) is 1. The number of nitrogens with two attached hydrogens (primary N) is 1. The minimum absolute atomic E-state index is 0.170. The van der Waals surface area contributed by atoms with Gasteiger partial charge in [-0.3, -0.25) is 9.89 Å². The second-order valence-corrected chi connectivity index (χ2v) is 9.95. The number of halogens is 2. The molecule has 3 N–H and O–H groups in total. The third-order valence-corrected chi connectivity index (χ3v) is 7.59. The molecular formula is C29H32F2N4. The quantitative estimate of drug-likeness (QED) is 0.515. The van der Waals surface area contributed by atoms with Crippen molar-refractivity contribution in [2.45, 2.75) is 44.4 Å². The molecule has 2 aromatic rings. The van der Waals surface area contributed by atoms with Gasteiger partial charge in [-0.05, 0) is 77.1 Å². The lowest BCUT2D eigenvalue weighted by atomic mass is 9.82. The second kappa shape index (κ2) is 9.08. The van der Waals surface area contributed by atoms with Crippen LogP contribution in [0.4, 0.5) is 20.2 Å². The summed E-state index contributed by atoms with van der Waals surface area (Å²) >= 11 is 0. The standard InChI is InChI=1S/C29H32F2N4/c1-18-4-7-25-20(3)26(9-8-24(18)25)27-17-35(11-10-29(27,30)31)16-21(14-32)15-33-23-6-5-22-12-19(2)34-28(22)13-23/h5-6,8-9,13-15,27,34H,1-2,4,7,10-12,16-17,32H2,3H3. The molecule has 3 aliphatic rings. The van der Waals surface area contributed by atoms with Crippen LogP contribution in [0, 0.1) is 6.92 Å². The highest BCUT2D eigenvalue weighted by Crippen LogP contribution is 2.44. The van der Waals surface area contributed by atoms with Crippen molar-refractivity contribution in [2.75, 3.05) is 25.0 Å². The molecule has 2 heterocycles. The number of anilines is 1. The Hall–Kier alpha value is -3.25. The van der Waals surface area contributed by atoms with Gasteiger partial charge in [0.15, 0.2) is 0 Å². The lowest BCUT2D eigenvalue weighted by Gasteiger charge is -2.39. The number of nitrogens with zero attached hydrogens (tertiary/aromatic N) is 2. The molecule has 1 atom stereocenters. The molecule has 182 valence electrons. The van der Waals surface area contributed by atoms with Crippen molar-refractivity contribution in [3.63, 3.8) is 0 Å². The number of hydrogen-bond donors (Lipinski definition) is 2. The number of rotatable bonds is 5. The van der Waals surface area contributed by atoms with Crippen LogP contribution in [0.2, 0.25) is 0 Å². The van der Waals surface area contributed by atoms with Gasteiger partial charge in [0, 0.05) is 50.1 Å². The molecule has 0 radical (unpaired) electrons. The van der Waals surface area contributed by atoms with Crippen LogP contribution >= 0.6 is 0 Å². The summed E-state index contributed by atoms with van der Waals surface area (Å²) in [7, 11) is 0. The van der Waals surface area contributed by atoms with Gasteiger partial charge in [-0.2, -0.15) is 0 Å². The van der Waals surface area contributed by atoms with E-state index >= 15 is 8.78 Å². The van der Waals surface area contributed by atoms with Crippen molar-refractivity contribution in [3.05, 3.63) is 88.8 Å². The van der Waals surface area contributed by atoms with E-state index in [1.54, 1.807) is 6.21 Å². The number of aliphatic imine (C=N–C) groups is 1. The molecular weight excluding hydrogens is 442 g/mol. The van der Waals surface area contributed by atoms with Gasteiger partial charge in [0.05, 0.1) is 11.6 Å². The summed E-state index contributed by atoms with van der Waals surface area (Å²) in [6.07, 6.45) is 5.71. The molecule has 0 aromatic heterocycles. The number of fused-ring (bicyclic) bond motifs is 2. The molecule has 35 heavy (non-hydrogen) atoms. The number of allylic oxidation sites excluding steroid dienone is 2. The van der Waals surface area contributed by atoms with Crippen LogP contribution < -0.4 is 11.1 Å². The Bertz CT molecular complexity index is 1260. The van der Waals surface area contributed by atoms with Gasteiger partial charge in [-0.1, -0.05) is 31.4 Å². The molecule has 0 spiro atoms. The maximum atomic E-state index is 15.1. The molecule has 0 bridgehead atoms. The number of hydrogen-bond acceptors (Lipinski definition) is 4. The molecule has 2 aliphatic heterocycles. The molecule has 0 saturated carbocycles. The molecule has 5 rings (SSSR count). The minimum atomic E-state index is -2.74. The molecule has 0 amide bonds. The monoisotopic (exact) mass is 474 g/mol. The van der Waals surface area contributed by atoms with Crippen molar-refractivity contribution < 1.29 is 8.78 Å². The normalized spacial score (nSPS) is 21.9. The van der Waals surface area contributed by atoms with Gasteiger partial charge in [0.2, 0.25) is 0 Å². The first-order valence-electron chi connectivity index (χ1n) is 12.2. The Morgan fingerprint density at radius 2 is 2.09 bits per heavy atom. The summed E-state index contributed by atoms with van der Waals surface area (Å²) in [4.78, 5) is 6.65. The first kappa shape index (κ1) is 23.5. The van der Waals surface area contributed by atoms with E-state index in [4.69, 9.17) is 5.73 Å². The van der Waals surface area contributed by atoms with E-state index in [2.05, 4.69) is 28.4 Å². The summed E-state index contributed by atoms with van der Waals surface area (Å²) < 4.78 is 30.3. The van der Waals surface area contributed by atoms with E-state index in [1.807, 2.05) is 37.3 Å². The number of nitrogens with one attached hydrogen (secondary N) is 1. The zero-order chi connectivity index (χ0) is 24.7. The summed E-state index contributed by atoms with van der Waals surface area (Å²) in [5.41, 5.74) is 15.9. The van der Waals surface area contributed by atoms with Crippen LogP contribution in [0.25, 0.3) is 5.57 Å². The molecule has 6 heteroatoms. The topological polar surface area (TPSA) is 53.6 Å². The Morgan fingerprint density at radius 3 is 2.89 bits per heavy atom. The van der Waals surface area contributed by atoms with E-state index in [9.17, 15) is 0 Å². The Morgan fingerprint density at radius 1 is 1.26 bits per heavy atom. The van der Waals surface area contributed by atoms with Crippen LogP contribution in [0.5, 0.6) is 0 Å². The van der Waals surface area contributed by atoms with E-state index in [1.165, 1.54) is 17.3 Å². The highest BCUT2D eigenvalue weighted by molar-refractivity contribution is 5.82. The lowest BCUT2D eigenvalue weighted by molar-refractivity contribution is -0.0741. The molecule has 1 fully saturated rings. The molecule has 1 aliphatic carbocycles. The SMILES string of the molecule is C=C1Cc2ccc(N=CC(=CN)CN3CCC(F)(F)C(c4ccc5c(c4C)CCC5=C)C3)cc2N1. The number of benzene rings is 2. The minimum Gasteiger partial charge on any atom is -0.404 e. The molecule has 4 nitrogen and oxygen atoms in total. The number of piperidine rings is 1. The van der Waals surface area contributed by atoms with Crippen LogP contribution in [0.3, 0.4) is 0 Å². The van der Waals surface area contributed by atoms with Crippen molar-refractivity contribution in [1.82, 2.24) is 4.90 Å². The van der Waals surface area contributed by atoms with E-state index < -0.39 is 11.8 Å². The fraction of sp³-hybridized carbons (Fsp3) is 0.345. The van der Waals surface area contributed by atoms with Gasteiger partial charge in [0.1, 0.15) is 0 Å². The zero-order valence-electron chi connectivity index (χ0n) is 20.2. The number of alkyl halides is 2. The van der Waals surface area contributed by atoms with Gasteiger partial charge in [-0.15, -0.1) is 0 Å². The van der Waals surface area contributed by atoms with Crippen molar-refractivity contribution in [2.24, 2.45) is 10.7 Å². The fourth-order valence-corrected chi connectivity index (χ4v) is 5.58. The summed E-state index contributed by atoms with van der Waals surface area (Å²) in [5, 5.41) is 3.26. The fourth-order valence-electron chi connectivity index (χ4n) is 5.58. The third kappa shape index (κ3) is 4.55. The largest absolute Gasteiger partial charge is 0.404 e. The molecule has 1 saturated heterocycles. The highest BCUT2D eigenvalue weighted by Gasteiger charge is 2.45. The van der Waals surface area contributed by atoms with Crippen molar-refractivity contribution >= 4 is 23.2 Å². The van der Waals surface area contributed by atoms with E-state index in [0.717, 1.165) is 64.2 Å². The van der Waals surface area contributed by atoms with Gasteiger partial charge < -0.3 is 11.1 Å². The van der Waals surface area contributed by atoms with Crippen LogP contribution in [0.1, 0.15) is 46.6 Å². The lowest BCUT2D eigenvalue weighted by Crippen LogP contribution is -2.46. The van der Waals surface area contributed by atoms with Crippen LogP contribution in [-0.2, 0) is 12.8 Å². The predicted octanol–water partition coefficient (Wildman–Crippen LogP) is 6.11. The second-order valence-electron chi connectivity index (χ2n) is 9.95. The smallest absolute Gasteiger partial charge is 0.257 e. The summed E-state index contributed by atoms with van der Waals surface area (Å²) in [6.45, 7) is 11.2. The third-order valence-electron chi connectivity index (χ3n) is 7.59. The van der Waals surface area contributed by atoms with Crippen LogP contribution in [0.15, 0.2) is 66.0 Å². The Balaban J connectivity index is 1.31. The van der Waals surface area contributed by atoms with Crippen molar-refractivity contribution in [3.8, 4) is 0 Å². The summed E-state index contributed by atoms with van der Waals surface area (Å²) in [6, 6.07) is 9.88. The first-order chi connectivity index (χ1) is 16.7. The van der Waals surface area contributed by atoms with Gasteiger partial charge >= 0.3 is 0 Å². The highest BCUT2D eigenvalue weighted by atomic mass is 19.3. The predicted molar refractivity (Wildman–Crippen MR) is 141 cm³/mol. The zero-order valence-corrected chi connectivity index (χ0v) is 20.2.